The van der Waals surface area contributed by atoms with Gasteiger partial charge in [-0.1, -0.05) is 44.2 Å². The van der Waals surface area contributed by atoms with Crippen molar-refractivity contribution in [2.24, 2.45) is 5.92 Å². The van der Waals surface area contributed by atoms with E-state index in [0.29, 0.717) is 25.2 Å². The first kappa shape index (κ1) is 20.7. The number of rotatable bonds is 6. The maximum Gasteiger partial charge on any atom is 0.243 e. The van der Waals surface area contributed by atoms with Crippen molar-refractivity contribution >= 4 is 11.8 Å². The Kier molecular flexibility index (Phi) is 6.06. The largest absolute Gasteiger partial charge is 0.350 e. The molecule has 1 unspecified atom stereocenters. The molecular weight excluding hydrogens is 392 g/mol. The van der Waals surface area contributed by atoms with Gasteiger partial charge in [-0.25, -0.2) is 14.6 Å². The summed E-state index contributed by atoms with van der Waals surface area (Å²) in [5.41, 5.74) is 3.03. The van der Waals surface area contributed by atoms with Crippen LogP contribution in [0.15, 0.2) is 55.2 Å². The van der Waals surface area contributed by atoms with E-state index in [1.807, 2.05) is 50.2 Å². The molecule has 4 rings (SSSR count). The van der Waals surface area contributed by atoms with Gasteiger partial charge in [0.1, 0.15) is 18.7 Å². The highest BCUT2D eigenvalue weighted by molar-refractivity contribution is 5.88. The van der Waals surface area contributed by atoms with Crippen molar-refractivity contribution in [1.29, 1.82) is 0 Å². The standard InChI is InChI=1S/C23H26N6O2/c1-16(2)10-21(30)28-13-19-7-4-3-6-17(19)11-20(28)23(31)26-12-18-8-5-9-25-22(18)29-15-24-14-27-29/h3-9,14-16,20H,10-13H2,1-2H3,(H,26,31). The number of hydrogen-bond donors (Lipinski definition) is 1. The highest BCUT2D eigenvalue weighted by Gasteiger charge is 2.34. The summed E-state index contributed by atoms with van der Waals surface area (Å²) in [6, 6.07) is 11.2. The van der Waals surface area contributed by atoms with E-state index in [1.165, 1.54) is 6.33 Å². The second kappa shape index (κ2) is 9.07. The number of hydrogen-bond acceptors (Lipinski definition) is 5. The number of pyridine rings is 1. The Morgan fingerprint density at radius 2 is 1.97 bits per heavy atom. The molecule has 2 aromatic heterocycles. The van der Waals surface area contributed by atoms with Crippen molar-refractivity contribution in [3.05, 3.63) is 71.9 Å². The van der Waals surface area contributed by atoms with Gasteiger partial charge in [-0.2, -0.15) is 5.10 Å². The first-order valence-corrected chi connectivity index (χ1v) is 10.5. The molecule has 1 atom stereocenters. The molecule has 1 aliphatic rings. The summed E-state index contributed by atoms with van der Waals surface area (Å²) in [7, 11) is 0. The number of carbonyl (C=O) groups is 2. The minimum Gasteiger partial charge on any atom is -0.350 e. The molecule has 8 nitrogen and oxygen atoms in total. The second-order valence-corrected chi connectivity index (χ2v) is 8.15. The summed E-state index contributed by atoms with van der Waals surface area (Å²) in [4.78, 5) is 36.2. The van der Waals surface area contributed by atoms with E-state index in [0.717, 1.165) is 16.7 Å². The van der Waals surface area contributed by atoms with Crippen molar-refractivity contribution in [2.75, 3.05) is 0 Å². The molecular formula is C23H26N6O2. The van der Waals surface area contributed by atoms with Crippen LogP contribution in [0.25, 0.3) is 5.82 Å². The molecule has 0 saturated carbocycles. The molecule has 3 aromatic rings. The Labute approximate surface area is 181 Å². The molecule has 1 N–H and O–H groups in total. The van der Waals surface area contributed by atoms with Crippen LogP contribution in [-0.4, -0.2) is 42.5 Å². The first-order valence-electron chi connectivity index (χ1n) is 10.5. The van der Waals surface area contributed by atoms with Gasteiger partial charge in [0.25, 0.3) is 0 Å². The average molecular weight is 419 g/mol. The fourth-order valence-corrected chi connectivity index (χ4v) is 3.88. The zero-order valence-electron chi connectivity index (χ0n) is 17.7. The number of nitrogens with one attached hydrogen (secondary N) is 1. The Morgan fingerprint density at radius 1 is 1.16 bits per heavy atom. The minimum absolute atomic E-state index is 0.00864. The highest BCUT2D eigenvalue weighted by Crippen LogP contribution is 2.25. The monoisotopic (exact) mass is 418 g/mol. The van der Waals surface area contributed by atoms with E-state index in [-0.39, 0.29) is 24.3 Å². The molecule has 0 radical (unpaired) electrons. The molecule has 0 bridgehead atoms. The van der Waals surface area contributed by atoms with E-state index >= 15 is 0 Å². The van der Waals surface area contributed by atoms with Gasteiger partial charge in [-0.05, 0) is 23.1 Å². The third-order valence-electron chi connectivity index (χ3n) is 5.41. The topological polar surface area (TPSA) is 93.0 Å². The Balaban J connectivity index is 1.53. The van der Waals surface area contributed by atoms with Crippen LogP contribution in [0, 0.1) is 5.92 Å². The molecule has 2 amide bonds. The number of fused-ring (bicyclic) bond motifs is 1. The van der Waals surface area contributed by atoms with Gasteiger partial charge in [0, 0.05) is 37.7 Å². The summed E-state index contributed by atoms with van der Waals surface area (Å²) >= 11 is 0. The Morgan fingerprint density at radius 3 is 2.71 bits per heavy atom. The summed E-state index contributed by atoms with van der Waals surface area (Å²) in [6.45, 7) is 4.76. The van der Waals surface area contributed by atoms with Crippen LogP contribution in [0.1, 0.15) is 37.0 Å². The van der Waals surface area contributed by atoms with Gasteiger partial charge in [-0.3, -0.25) is 9.59 Å². The van der Waals surface area contributed by atoms with Gasteiger partial charge in [0.15, 0.2) is 5.82 Å². The SMILES string of the molecule is CC(C)CC(=O)N1Cc2ccccc2CC1C(=O)NCc1cccnc1-n1cncn1. The van der Waals surface area contributed by atoms with Gasteiger partial charge in [0.05, 0.1) is 0 Å². The maximum atomic E-state index is 13.2. The molecule has 160 valence electrons. The van der Waals surface area contributed by atoms with Crippen LogP contribution in [0.3, 0.4) is 0 Å². The maximum absolute atomic E-state index is 13.2. The lowest BCUT2D eigenvalue weighted by atomic mass is 9.92. The molecule has 3 heterocycles. The van der Waals surface area contributed by atoms with Gasteiger partial charge in [-0.15, -0.1) is 0 Å². The van der Waals surface area contributed by atoms with Gasteiger partial charge in [0.2, 0.25) is 11.8 Å². The zero-order chi connectivity index (χ0) is 21.8. The molecule has 1 aliphatic heterocycles. The molecule has 1 aromatic carbocycles. The number of carbonyl (C=O) groups excluding carboxylic acids is 2. The van der Waals surface area contributed by atoms with Crippen LogP contribution in [-0.2, 0) is 29.1 Å². The molecule has 0 aliphatic carbocycles. The number of nitrogens with zero attached hydrogens (tertiary/aromatic N) is 5. The lowest BCUT2D eigenvalue weighted by molar-refractivity contribution is -0.142. The van der Waals surface area contributed by atoms with Gasteiger partial charge < -0.3 is 10.2 Å². The van der Waals surface area contributed by atoms with Crippen LogP contribution in [0.4, 0.5) is 0 Å². The minimum atomic E-state index is -0.535. The van der Waals surface area contributed by atoms with Gasteiger partial charge >= 0.3 is 0 Å². The summed E-state index contributed by atoms with van der Waals surface area (Å²) in [5.74, 6) is 0.686. The number of benzene rings is 1. The molecule has 0 spiro atoms. The Hall–Kier alpha value is -3.55. The smallest absolute Gasteiger partial charge is 0.243 e. The van der Waals surface area contributed by atoms with Crippen LogP contribution < -0.4 is 5.32 Å². The predicted molar refractivity (Wildman–Crippen MR) is 115 cm³/mol. The fourth-order valence-electron chi connectivity index (χ4n) is 3.88. The normalized spacial score (nSPS) is 15.6. The van der Waals surface area contributed by atoms with Crippen molar-refractivity contribution in [1.82, 2.24) is 30.0 Å². The zero-order valence-corrected chi connectivity index (χ0v) is 17.7. The lowest BCUT2D eigenvalue weighted by Crippen LogP contribution is -2.52. The van der Waals surface area contributed by atoms with E-state index in [2.05, 4.69) is 20.4 Å². The van der Waals surface area contributed by atoms with Crippen molar-refractivity contribution in [3.8, 4) is 5.82 Å². The lowest BCUT2D eigenvalue weighted by Gasteiger charge is -2.36. The fraction of sp³-hybridized carbons (Fsp3) is 0.348. The van der Waals surface area contributed by atoms with E-state index < -0.39 is 6.04 Å². The van der Waals surface area contributed by atoms with Crippen molar-refractivity contribution < 1.29 is 9.59 Å². The quantitative estimate of drug-likeness (QED) is 0.663. The molecule has 31 heavy (non-hydrogen) atoms. The van der Waals surface area contributed by atoms with Crippen LogP contribution >= 0.6 is 0 Å². The van der Waals surface area contributed by atoms with E-state index in [1.54, 1.807) is 22.1 Å². The molecule has 0 fully saturated rings. The molecule has 8 heteroatoms. The molecule has 0 saturated heterocycles. The highest BCUT2D eigenvalue weighted by atomic mass is 16.2. The van der Waals surface area contributed by atoms with Crippen molar-refractivity contribution in [2.45, 2.75) is 45.8 Å². The predicted octanol–water partition coefficient (Wildman–Crippen LogP) is 2.28. The second-order valence-electron chi connectivity index (χ2n) is 8.15. The third kappa shape index (κ3) is 4.63. The van der Waals surface area contributed by atoms with E-state index in [9.17, 15) is 9.59 Å². The Bertz CT molecular complexity index is 1060. The number of aromatic nitrogens is 4. The van der Waals surface area contributed by atoms with Crippen molar-refractivity contribution in [3.63, 3.8) is 0 Å². The average Bonchev–Trinajstić information content (AvgIpc) is 3.31. The van der Waals surface area contributed by atoms with Crippen LogP contribution in [0.5, 0.6) is 0 Å². The first-order chi connectivity index (χ1) is 15.0. The van der Waals surface area contributed by atoms with E-state index in [4.69, 9.17) is 0 Å². The summed E-state index contributed by atoms with van der Waals surface area (Å²) in [5, 5.41) is 7.14. The third-order valence-corrected chi connectivity index (χ3v) is 5.41. The summed E-state index contributed by atoms with van der Waals surface area (Å²) in [6.07, 6.45) is 5.61. The number of amides is 2. The van der Waals surface area contributed by atoms with Crippen LogP contribution in [0.2, 0.25) is 0 Å². The summed E-state index contributed by atoms with van der Waals surface area (Å²) < 4.78 is 1.57.